The fourth-order valence-corrected chi connectivity index (χ4v) is 1.51. The van der Waals surface area contributed by atoms with Crippen LogP contribution < -0.4 is 10.5 Å². The Bertz CT molecular complexity index is 304. The molecular weight excluding hydrogens is 200 g/mol. The highest BCUT2D eigenvalue weighted by molar-refractivity contribution is 6.29. The minimum absolute atomic E-state index is 0.347. The first-order valence-corrected chi connectivity index (χ1v) is 4.97. The standard InChI is InChI=1S/C10H15ClN2O/c1-7(5-6-12)8-3-4-9(11)13-10(8)14-2/h3-4,7H,5-6,12H2,1-2H3. The number of hydrogen-bond donors (Lipinski definition) is 1. The Morgan fingerprint density at radius 3 is 2.86 bits per heavy atom. The summed E-state index contributed by atoms with van der Waals surface area (Å²) in [5.74, 6) is 0.943. The number of aromatic nitrogens is 1. The maximum atomic E-state index is 5.76. The fourth-order valence-electron chi connectivity index (χ4n) is 1.37. The molecule has 3 nitrogen and oxygen atoms in total. The number of nitrogens with two attached hydrogens (primary N) is 1. The first-order valence-electron chi connectivity index (χ1n) is 4.59. The van der Waals surface area contributed by atoms with Crippen molar-refractivity contribution in [3.05, 3.63) is 22.8 Å². The number of rotatable bonds is 4. The predicted octanol–water partition coefficient (Wildman–Crippen LogP) is 2.20. The van der Waals surface area contributed by atoms with Gasteiger partial charge in [0, 0.05) is 5.56 Å². The maximum absolute atomic E-state index is 5.76. The maximum Gasteiger partial charge on any atom is 0.217 e. The van der Waals surface area contributed by atoms with E-state index in [1.807, 2.05) is 6.07 Å². The molecule has 0 aliphatic heterocycles. The molecular formula is C10H15ClN2O. The molecule has 2 N–H and O–H groups in total. The third kappa shape index (κ3) is 2.59. The highest BCUT2D eigenvalue weighted by Crippen LogP contribution is 2.27. The smallest absolute Gasteiger partial charge is 0.217 e. The average molecular weight is 215 g/mol. The molecule has 0 aliphatic rings. The predicted molar refractivity (Wildman–Crippen MR) is 57.9 cm³/mol. The first kappa shape index (κ1) is 11.3. The molecule has 1 unspecified atom stereocenters. The topological polar surface area (TPSA) is 48.1 Å². The fraction of sp³-hybridized carbons (Fsp3) is 0.500. The number of pyridine rings is 1. The Kier molecular flexibility index (Phi) is 4.17. The summed E-state index contributed by atoms with van der Waals surface area (Å²) in [4.78, 5) is 4.10. The van der Waals surface area contributed by atoms with Gasteiger partial charge < -0.3 is 10.5 Å². The van der Waals surface area contributed by atoms with Crippen LogP contribution in [0.15, 0.2) is 12.1 Å². The quantitative estimate of drug-likeness (QED) is 0.782. The van der Waals surface area contributed by atoms with Crippen LogP contribution in [0.2, 0.25) is 5.15 Å². The van der Waals surface area contributed by atoms with Gasteiger partial charge in [-0.3, -0.25) is 0 Å². The molecule has 0 aliphatic carbocycles. The van der Waals surface area contributed by atoms with Gasteiger partial charge in [0.2, 0.25) is 5.88 Å². The van der Waals surface area contributed by atoms with Gasteiger partial charge >= 0.3 is 0 Å². The molecule has 0 radical (unpaired) electrons. The zero-order valence-corrected chi connectivity index (χ0v) is 9.21. The van der Waals surface area contributed by atoms with E-state index in [0.717, 1.165) is 12.0 Å². The van der Waals surface area contributed by atoms with Crippen molar-refractivity contribution < 1.29 is 4.74 Å². The molecule has 1 aromatic rings. The summed E-state index contributed by atoms with van der Waals surface area (Å²) in [6.45, 7) is 2.76. The molecule has 0 amide bonds. The summed E-state index contributed by atoms with van der Waals surface area (Å²) in [5.41, 5.74) is 6.56. The van der Waals surface area contributed by atoms with Crippen LogP contribution in [0.25, 0.3) is 0 Å². The van der Waals surface area contributed by atoms with E-state index in [0.29, 0.717) is 23.5 Å². The van der Waals surface area contributed by atoms with Crippen molar-refractivity contribution >= 4 is 11.6 Å². The second kappa shape index (κ2) is 5.17. The summed E-state index contributed by atoms with van der Waals surface area (Å²) in [5, 5.41) is 0.450. The molecule has 1 atom stereocenters. The van der Waals surface area contributed by atoms with Gasteiger partial charge in [-0.2, -0.15) is 0 Å². The van der Waals surface area contributed by atoms with Crippen LogP contribution in [0.3, 0.4) is 0 Å². The second-order valence-corrected chi connectivity index (χ2v) is 3.60. The van der Waals surface area contributed by atoms with E-state index >= 15 is 0 Å². The van der Waals surface area contributed by atoms with Crippen LogP contribution in [0.1, 0.15) is 24.8 Å². The molecule has 0 aromatic carbocycles. The Morgan fingerprint density at radius 1 is 1.57 bits per heavy atom. The van der Waals surface area contributed by atoms with Crippen molar-refractivity contribution in [1.82, 2.24) is 4.98 Å². The monoisotopic (exact) mass is 214 g/mol. The number of halogens is 1. The van der Waals surface area contributed by atoms with E-state index in [1.165, 1.54) is 0 Å². The lowest BCUT2D eigenvalue weighted by Crippen LogP contribution is -2.06. The van der Waals surface area contributed by atoms with E-state index in [2.05, 4.69) is 11.9 Å². The Morgan fingerprint density at radius 2 is 2.29 bits per heavy atom. The number of nitrogens with zero attached hydrogens (tertiary/aromatic N) is 1. The summed E-state index contributed by atoms with van der Waals surface area (Å²) in [6, 6.07) is 3.71. The summed E-state index contributed by atoms with van der Waals surface area (Å²) in [6.07, 6.45) is 0.916. The molecule has 78 valence electrons. The lowest BCUT2D eigenvalue weighted by Gasteiger charge is -2.13. The van der Waals surface area contributed by atoms with Gasteiger partial charge in [0.05, 0.1) is 7.11 Å². The molecule has 14 heavy (non-hydrogen) atoms. The van der Waals surface area contributed by atoms with Crippen LogP contribution in [0, 0.1) is 0 Å². The SMILES string of the molecule is COc1nc(Cl)ccc1C(C)CCN. The molecule has 0 saturated carbocycles. The van der Waals surface area contributed by atoms with Crippen molar-refractivity contribution in [1.29, 1.82) is 0 Å². The Balaban J connectivity index is 2.95. The normalized spacial score (nSPS) is 12.6. The van der Waals surface area contributed by atoms with E-state index in [4.69, 9.17) is 22.1 Å². The lowest BCUT2D eigenvalue weighted by atomic mass is 9.99. The van der Waals surface area contributed by atoms with Gasteiger partial charge in [-0.05, 0) is 24.9 Å². The van der Waals surface area contributed by atoms with Gasteiger partial charge in [0.15, 0.2) is 0 Å². The molecule has 0 spiro atoms. The van der Waals surface area contributed by atoms with Crippen LogP contribution in [-0.4, -0.2) is 18.6 Å². The van der Waals surface area contributed by atoms with E-state index in [-0.39, 0.29) is 0 Å². The minimum atomic E-state index is 0.347. The first-order chi connectivity index (χ1) is 6.69. The number of hydrogen-bond acceptors (Lipinski definition) is 3. The second-order valence-electron chi connectivity index (χ2n) is 3.21. The highest BCUT2D eigenvalue weighted by Gasteiger charge is 2.12. The van der Waals surface area contributed by atoms with Gasteiger partial charge in [0.1, 0.15) is 5.15 Å². The summed E-state index contributed by atoms with van der Waals surface area (Å²) < 4.78 is 5.16. The largest absolute Gasteiger partial charge is 0.481 e. The molecule has 0 bridgehead atoms. The van der Waals surface area contributed by atoms with Crippen molar-refractivity contribution in [2.24, 2.45) is 5.73 Å². The molecule has 1 rings (SSSR count). The van der Waals surface area contributed by atoms with Gasteiger partial charge in [-0.15, -0.1) is 0 Å². The van der Waals surface area contributed by atoms with E-state index in [1.54, 1.807) is 13.2 Å². The third-order valence-corrected chi connectivity index (χ3v) is 2.39. The van der Waals surface area contributed by atoms with Crippen LogP contribution in [0.4, 0.5) is 0 Å². The average Bonchev–Trinajstić information content (AvgIpc) is 2.17. The number of ether oxygens (including phenoxy) is 1. The van der Waals surface area contributed by atoms with Crippen LogP contribution in [-0.2, 0) is 0 Å². The molecule has 0 saturated heterocycles. The van der Waals surface area contributed by atoms with Crippen LogP contribution in [0.5, 0.6) is 5.88 Å². The summed E-state index contributed by atoms with van der Waals surface area (Å²) >= 11 is 5.76. The zero-order valence-electron chi connectivity index (χ0n) is 8.46. The number of methoxy groups -OCH3 is 1. The van der Waals surface area contributed by atoms with Gasteiger partial charge in [-0.1, -0.05) is 24.6 Å². The van der Waals surface area contributed by atoms with Crippen molar-refractivity contribution in [2.45, 2.75) is 19.3 Å². The summed E-state index contributed by atoms with van der Waals surface area (Å²) in [7, 11) is 1.59. The van der Waals surface area contributed by atoms with Gasteiger partial charge in [0.25, 0.3) is 0 Å². The molecule has 0 fully saturated rings. The Hall–Kier alpha value is -0.800. The lowest BCUT2D eigenvalue weighted by molar-refractivity contribution is 0.388. The van der Waals surface area contributed by atoms with Crippen molar-refractivity contribution in [2.75, 3.05) is 13.7 Å². The van der Waals surface area contributed by atoms with Crippen LogP contribution >= 0.6 is 11.6 Å². The third-order valence-electron chi connectivity index (χ3n) is 2.18. The minimum Gasteiger partial charge on any atom is -0.481 e. The van der Waals surface area contributed by atoms with Crippen molar-refractivity contribution in [3.8, 4) is 5.88 Å². The van der Waals surface area contributed by atoms with E-state index < -0.39 is 0 Å². The molecule has 4 heteroatoms. The highest BCUT2D eigenvalue weighted by atomic mass is 35.5. The van der Waals surface area contributed by atoms with Crippen molar-refractivity contribution in [3.63, 3.8) is 0 Å². The van der Waals surface area contributed by atoms with E-state index in [9.17, 15) is 0 Å². The van der Waals surface area contributed by atoms with Gasteiger partial charge in [-0.25, -0.2) is 4.98 Å². The molecule has 1 aromatic heterocycles. The Labute approximate surface area is 89.2 Å². The zero-order chi connectivity index (χ0) is 10.6. The molecule has 1 heterocycles.